The largest absolute Gasteiger partial charge is 0.399 e. The second-order valence-electron chi connectivity index (χ2n) is 5.17. The van der Waals surface area contributed by atoms with E-state index in [1.54, 1.807) is 19.1 Å². The number of aliphatic hydroxyl groups excluding tert-OH is 1. The molecule has 20 heavy (non-hydrogen) atoms. The van der Waals surface area contributed by atoms with Gasteiger partial charge in [-0.1, -0.05) is 0 Å². The van der Waals surface area contributed by atoms with Crippen molar-refractivity contribution in [3.63, 3.8) is 0 Å². The van der Waals surface area contributed by atoms with E-state index < -0.39 is 10.0 Å². The Morgan fingerprint density at radius 2 is 2.00 bits per heavy atom. The van der Waals surface area contributed by atoms with E-state index in [-0.39, 0.29) is 16.9 Å². The molecule has 0 aromatic heterocycles. The number of aliphatic hydroxyl groups is 1. The third-order valence-corrected chi connectivity index (χ3v) is 6.63. The van der Waals surface area contributed by atoms with E-state index in [1.165, 1.54) is 10.4 Å². The first-order chi connectivity index (χ1) is 9.32. The van der Waals surface area contributed by atoms with Gasteiger partial charge in [0.15, 0.2) is 0 Å². The quantitative estimate of drug-likeness (QED) is 0.803. The normalized spacial score (nSPS) is 19.9. The molecule has 0 amide bonds. The number of halogens is 1. The first kappa shape index (κ1) is 15.8. The first-order valence-corrected chi connectivity index (χ1v) is 8.79. The van der Waals surface area contributed by atoms with Crippen molar-refractivity contribution in [2.45, 2.75) is 30.8 Å². The predicted octanol–water partition coefficient (Wildman–Crippen LogP) is 1.81. The second-order valence-corrected chi connectivity index (χ2v) is 7.93. The van der Waals surface area contributed by atoms with E-state index in [4.69, 9.17) is 5.73 Å². The van der Waals surface area contributed by atoms with Crippen LogP contribution >= 0.6 is 15.9 Å². The fourth-order valence-corrected chi connectivity index (χ4v) is 4.99. The van der Waals surface area contributed by atoms with E-state index in [1.807, 2.05) is 0 Å². The van der Waals surface area contributed by atoms with Crippen molar-refractivity contribution in [2.24, 2.45) is 5.92 Å². The van der Waals surface area contributed by atoms with Crippen molar-refractivity contribution in [3.8, 4) is 0 Å². The van der Waals surface area contributed by atoms with E-state index in [0.29, 0.717) is 36.1 Å². The van der Waals surface area contributed by atoms with Gasteiger partial charge in [-0.2, -0.15) is 4.31 Å². The van der Waals surface area contributed by atoms with Crippen molar-refractivity contribution in [3.05, 3.63) is 22.7 Å². The summed E-state index contributed by atoms with van der Waals surface area (Å²) in [6.07, 6.45) is 0.982. The van der Waals surface area contributed by atoms with Gasteiger partial charge in [0, 0.05) is 23.2 Å². The van der Waals surface area contributed by atoms with Crippen molar-refractivity contribution < 1.29 is 13.5 Å². The van der Waals surface area contributed by atoms with Gasteiger partial charge in [0.2, 0.25) is 10.0 Å². The van der Waals surface area contributed by atoms with Crippen molar-refractivity contribution in [1.82, 2.24) is 4.31 Å². The Balaban J connectivity index is 2.20. The van der Waals surface area contributed by atoms with Gasteiger partial charge in [-0.15, -0.1) is 0 Å². The number of nitrogens with zero attached hydrogens (tertiary/aromatic N) is 1. The second kappa shape index (κ2) is 6.01. The highest BCUT2D eigenvalue weighted by molar-refractivity contribution is 9.10. The molecule has 3 N–H and O–H groups in total. The Kier molecular flexibility index (Phi) is 4.73. The zero-order valence-electron chi connectivity index (χ0n) is 11.3. The highest BCUT2D eigenvalue weighted by Gasteiger charge is 2.31. The molecule has 2 rings (SSSR count). The van der Waals surface area contributed by atoms with Gasteiger partial charge in [0.25, 0.3) is 0 Å². The lowest BCUT2D eigenvalue weighted by Gasteiger charge is -2.32. The van der Waals surface area contributed by atoms with Gasteiger partial charge in [-0.05, 0) is 59.8 Å². The Labute approximate surface area is 128 Å². The van der Waals surface area contributed by atoms with Gasteiger partial charge >= 0.3 is 0 Å². The fourth-order valence-electron chi connectivity index (χ4n) is 2.46. The molecule has 1 aromatic carbocycles. The minimum atomic E-state index is -3.51. The highest BCUT2D eigenvalue weighted by Crippen LogP contribution is 2.30. The number of hydrogen-bond acceptors (Lipinski definition) is 4. The number of benzene rings is 1. The monoisotopic (exact) mass is 362 g/mol. The van der Waals surface area contributed by atoms with Gasteiger partial charge < -0.3 is 10.8 Å². The van der Waals surface area contributed by atoms with Crippen LogP contribution in [-0.4, -0.2) is 37.0 Å². The van der Waals surface area contributed by atoms with Crippen LogP contribution in [0.4, 0.5) is 5.69 Å². The Hall–Kier alpha value is -0.630. The number of sulfonamides is 1. The molecule has 0 bridgehead atoms. The molecule has 0 saturated carbocycles. The maximum absolute atomic E-state index is 12.6. The third kappa shape index (κ3) is 3.16. The summed E-state index contributed by atoms with van der Waals surface area (Å²) in [4.78, 5) is 0.238. The van der Waals surface area contributed by atoms with Crippen LogP contribution in [0.15, 0.2) is 27.6 Å². The van der Waals surface area contributed by atoms with Gasteiger partial charge in [0.1, 0.15) is 0 Å². The van der Waals surface area contributed by atoms with E-state index >= 15 is 0 Å². The Bertz CT molecular complexity index is 581. The van der Waals surface area contributed by atoms with Crippen LogP contribution < -0.4 is 5.73 Å². The summed E-state index contributed by atoms with van der Waals surface area (Å²) >= 11 is 3.26. The summed E-state index contributed by atoms with van der Waals surface area (Å²) < 4.78 is 27.1. The third-order valence-electron chi connectivity index (χ3n) is 3.75. The summed E-state index contributed by atoms with van der Waals surface area (Å²) in [5.74, 6) is 0.177. The molecule has 1 atom stereocenters. The van der Waals surface area contributed by atoms with Crippen LogP contribution in [-0.2, 0) is 10.0 Å². The molecule has 0 aliphatic carbocycles. The smallest absolute Gasteiger partial charge is 0.244 e. The summed E-state index contributed by atoms with van der Waals surface area (Å²) in [6, 6.07) is 4.70. The average Bonchev–Trinajstić information content (AvgIpc) is 2.38. The number of nitrogens with two attached hydrogens (primary N) is 1. The summed E-state index contributed by atoms with van der Waals surface area (Å²) in [5, 5.41) is 9.57. The molecule has 1 unspecified atom stereocenters. The van der Waals surface area contributed by atoms with Crippen molar-refractivity contribution in [1.29, 1.82) is 0 Å². The van der Waals surface area contributed by atoms with Gasteiger partial charge in [0.05, 0.1) is 11.0 Å². The molecular formula is C13H19BrN2O3S. The van der Waals surface area contributed by atoms with Crippen LogP contribution in [0.2, 0.25) is 0 Å². The maximum Gasteiger partial charge on any atom is 0.244 e. The molecule has 1 aliphatic rings. The highest BCUT2D eigenvalue weighted by atomic mass is 79.9. The van der Waals surface area contributed by atoms with Gasteiger partial charge in [-0.3, -0.25) is 0 Å². The number of rotatable bonds is 3. The number of hydrogen-bond donors (Lipinski definition) is 2. The molecule has 1 aliphatic heterocycles. The molecule has 1 saturated heterocycles. The van der Waals surface area contributed by atoms with Crippen LogP contribution in [0.5, 0.6) is 0 Å². The van der Waals surface area contributed by atoms with E-state index in [9.17, 15) is 13.5 Å². The molecule has 1 fully saturated rings. The Morgan fingerprint density at radius 1 is 1.40 bits per heavy atom. The molecule has 1 heterocycles. The molecule has 112 valence electrons. The number of anilines is 1. The van der Waals surface area contributed by atoms with Crippen LogP contribution in [0.25, 0.3) is 0 Å². The lowest BCUT2D eigenvalue weighted by Crippen LogP contribution is -2.40. The molecule has 1 aromatic rings. The van der Waals surface area contributed by atoms with Crippen LogP contribution in [0.1, 0.15) is 19.8 Å². The zero-order chi connectivity index (χ0) is 14.9. The summed E-state index contributed by atoms with van der Waals surface area (Å²) in [6.45, 7) is 2.63. The zero-order valence-corrected chi connectivity index (χ0v) is 13.7. The lowest BCUT2D eigenvalue weighted by molar-refractivity contribution is 0.0912. The average molecular weight is 363 g/mol. The molecule has 0 radical (unpaired) electrons. The van der Waals surface area contributed by atoms with E-state index in [2.05, 4.69) is 15.9 Å². The van der Waals surface area contributed by atoms with E-state index in [0.717, 1.165) is 0 Å². The van der Waals surface area contributed by atoms with Gasteiger partial charge in [-0.25, -0.2) is 8.42 Å². The SMILES string of the molecule is CC(O)C1CCN(S(=O)(=O)c2ccc(N)cc2Br)CC1. The fraction of sp³-hybridized carbons (Fsp3) is 0.538. The predicted molar refractivity (Wildman–Crippen MR) is 81.7 cm³/mol. The number of piperidine rings is 1. The minimum Gasteiger partial charge on any atom is -0.399 e. The van der Waals surface area contributed by atoms with Crippen molar-refractivity contribution >= 4 is 31.6 Å². The molecular weight excluding hydrogens is 344 g/mol. The molecule has 0 spiro atoms. The maximum atomic E-state index is 12.6. The minimum absolute atomic E-state index is 0.177. The van der Waals surface area contributed by atoms with Crippen LogP contribution in [0.3, 0.4) is 0 Å². The first-order valence-electron chi connectivity index (χ1n) is 6.55. The van der Waals surface area contributed by atoms with Crippen LogP contribution in [0, 0.1) is 5.92 Å². The van der Waals surface area contributed by atoms with Crippen molar-refractivity contribution in [2.75, 3.05) is 18.8 Å². The summed E-state index contributed by atoms with van der Waals surface area (Å²) in [5.41, 5.74) is 6.15. The molecule has 5 nitrogen and oxygen atoms in total. The Morgan fingerprint density at radius 3 is 2.50 bits per heavy atom. The lowest BCUT2D eigenvalue weighted by atomic mass is 9.93. The molecule has 7 heteroatoms. The number of nitrogen functional groups attached to an aromatic ring is 1. The summed E-state index contributed by atoms with van der Waals surface area (Å²) in [7, 11) is -3.51. The standard InChI is InChI=1S/C13H19BrN2O3S/c1-9(17)10-4-6-16(7-5-10)20(18,19)13-3-2-11(15)8-12(13)14/h2-3,8-10,17H,4-7,15H2,1H3. The topological polar surface area (TPSA) is 83.6 Å².